The smallest absolute Gasteiger partial charge is 0.304 e. The maximum absolute atomic E-state index is 13.0. The highest BCUT2D eigenvalue weighted by Crippen LogP contribution is 2.38. The number of benzene rings is 2. The van der Waals surface area contributed by atoms with Crippen molar-refractivity contribution in [1.29, 1.82) is 0 Å². The van der Waals surface area contributed by atoms with Gasteiger partial charge in [0.15, 0.2) is 0 Å². The Morgan fingerprint density at radius 2 is 1.82 bits per heavy atom. The zero-order valence-electron chi connectivity index (χ0n) is 11.7. The number of carboxylic acid groups (broad SMARTS) is 1. The quantitative estimate of drug-likeness (QED) is 0.947. The van der Waals surface area contributed by atoms with Gasteiger partial charge in [-0.05, 0) is 35.9 Å². The zero-order chi connectivity index (χ0) is 15.7. The highest BCUT2D eigenvalue weighted by molar-refractivity contribution is 6.07. The second-order valence-electron chi connectivity index (χ2n) is 5.28. The van der Waals surface area contributed by atoms with Crippen LogP contribution in [0.15, 0.2) is 48.5 Å². The molecule has 0 radical (unpaired) electrons. The average Bonchev–Trinajstić information content (AvgIpc) is 2.86. The molecule has 0 saturated carbocycles. The number of hydrogen-bond acceptors (Lipinski definition) is 2. The Kier molecular flexibility index (Phi) is 3.63. The van der Waals surface area contributed by atoms with E-state index in [9.17, 15) is 14.0 Å². The fraction of sp³-hybridized carbons (Fsp3) is 0.176. The molecule has 1 aliphatic rings. The van der Waals surface area contributed by atoms with Crippen molar-refractivity contribution in [3.05, 3.63) is 65.5 Å². The summed E-state index contributed by atoms with van der Waals surface area (Å²) in [7, 11) is 0. The van der Waals surface area contributed by atoms with Crippen LogP contribution in [0.2, 0.25) is 0 Å². The summed E-state index contributed by atoms with van der Waals surface area (Å²) in [6, 6.07) is 12.6. The number of amides is 1. The predicted octanol–water partition coefficient (Wildman–Crippen LogP) is 3.04. The molecule has 22 heavy (non-hydrogen) atoms. The molecule has 5 heteroatoms. The van der Waals surface area contributed by atoms with Gasteiger partial charge in [0.2, 0.25) is 0 Å². The number of fused-ring (bicyclic) bond motifs is 1. The van der Waals surface area contributed by atoms with E-state index in [1.54, 1.807) is 11.0 Å². The minimum absolute atomic E-state index is 0.0236. The Balaban J connectivity index is 1.93. The van der Waals surface area contributed by atoms with Gasteiger partial charge in [0.1, 0.15) is 5.82 Å². The number of aliphatic carboxylic acids is 1. The molecule has 1 aliphatic heterocycles. The van der Waals surface area contributed by atoms with E-state index in [4.69, 9.17) is 5.11 Å². The van der Waals surface area contributed by atoms with Crippen molar-refractivity contribution in [2.75, 3.05) is 11.4 Å². The number of para-hydroxylation sites is 1. The molecule has 3 rings (SSSR count). The van der Waals surface area contributed by atoms with Crippen LogP contribution in [0.1, 0.15) is 28.3 Å². The van der Waals surface area contributed by atoms with E-state index < -0.39 is 11.8 Å². The van der Waals surface area contributed by atoms with Crippen molar-refractivity contribution in [1.82, 2.24) is 0 Å². The van der Waals surface area contributed by atoms with E-state index in [2.05, 4.69) is 0 Å². The van der Waals surface area contributed by atoms with Crippen molar-refractivity contribution in [3.63, 3.8) is 0 Å². The normalized spacial score (nSPS) is 16.4. The Labute approximate surface area is 126 Å². The highest BCUT2D eigenvalue weighted by Gasteiger charge is 2.33. The number of anilines is 1. The molecule has 1 atom stereocenters. The van der Waals surface area contributed by atoms with Crippen LogP contribution in [-0.4, -0.2) is 23.5 Å². The molecule has 0 bridgehead atoms. The highest BCUT2D eigenvalue weighted by atomic mass is 19.1. The molecule has 112 valence electrons. The number of carboxylic acids is 1. The van der Waals surface area contributed by atoms with Gasteiger partial charge in [0.25, 0.3) is 5.91 Å². The van der Waals surface area contributed by atoms with Crippen LogP contribution in [0.5, 0.6) is 0 Å². The monoisotopic (exact) mass is 299 g/mol. The van der Waals surface area contributed by atoms with E-state index in [1.807, 2.05) is 18.2 Å². The van der Waals surface area contributed by atoms with E-state index in [0.29, 0.717) is 12.1 Å². The molecule has 0 aromatic heterocycles. The fourth-order valence-electron chi connectivity index (χ4n) is 2.82. The van der Waals surface area contributed by atoms with E-state index in [1.165, 1.54) is 24.3 Å². The third-order valence-corrected chi connectivity index (χ3v) is 3.83. The van der Waals surface area contributed by atoms with Gasteiger partial charge in [-0.1, -0.05) is 18.2 Å². The topological polar surface area (TPSA) is 57.6 Å². The lowest BCUT2D eigenvalue weighted by Crippen LogP contribution is -2.30. The predicted molar refractivity (Wildman–Crippen MR) is 79.5 cm³/mol. The molecule has 0 unspecified atom stereocenters. The second-order valence-corrected chi connectivity index (χ2v) is 5.28. The van der Waals surface area contributed by atoms with Crippen molar-refractivity contribution < 1.29 is 19.1 Å². The SMILES string of the molecule is O=C(O)C[C@H]1CN(C(=O)c2ccc(F)cc2)c2ccccc21. The second kappa shape index (κ2) is 5.60. The number of halogens is 1. The maximum atomic E-state index is 13.0. The largest absolute Gasteiger partial charge is 0.481 e. The third kappa shape index (κ3) is 2.57. The van der Waals surface area contributed by atoms with Gasteiger partial charge in [-0.2, -0.15) is 0 Å². The Morgan fingerprint density at radius 3 is 2.50 bits per heavy atom. The minimum atomic E-state index is -0.893. The van der Waals surface area contributed by atoms with Gasteiger partial charge in [-0.25, -0.2) is 4.39 Å². The molecule has 1 N–H and O–H groups in total. The standard InChI is InChI=1S/C17H14FNO3/c18-13-7-5-11(6-8-13)17(22)19-10-12(9-16(20)21)14-3-1-2-4-15(14)19/h1-8,12H,9-10H2,(H,20,21)/t12-/m0/s1. The lowest BCUT2D eigenvalue weighted by molar-refractivity contribution is -0.137. The summed E-state index contributed by atoms with van der Waals surface area (Å²) in [5.74, 6) is -1.77. The first-order chi connectivity index (χ1) is 10.6. The van der Waals surface area contributed by atoms with Gasteiger partial charge in [0, 0.05) is 23.7 Å². The molecule has 2 aromatic carbocycles. The average molecular weight is 299 g/mol. The molecule has 0 saturated heterocycles. The lowest BCUT2D eigenvalue weighted by Gasteiger charge is -2.17. The number of rotatable bonds is 3. The molecule has 0 fully saturated rings. The Morgan fingerprint density at radius 1 is 1.14 bits per heavy atom. The molecule has 1 heterocycles. The molecule has 4 nitrogen and oxygen atoms in total. The number of carbonyl (C=O) groups is 2. The Hall–Kier alpha value is -2.69. The minimum Gasteiger partial charge on any atom is -0.481 e. The van der Waals surface area contributed by atoms with Gasteiger partial charge in [-0.3, -0.25) is 9.59 Å². The van der Waals surface area contributed by atoms with Crippen LogP contribution >= 0.6 is 0 Å². The zero-order valence-corrected chi connectivity index (χ0v) is 11.7. The molecule has 1 amide bonds. The van der Waals surface area contributed by atoms with Gasteiger partial charge in [-0.15, -0.1) is 0 Å². The van der Waals surface area contributed by atoms with Crippen molar-refractivity contribution in [2.24, 2.45) is 0 Å². The summed E-state index contributed by atoms with van der Waals surface area (Å²) >= 11 is 0. The number of hydrogen-bond donors (Lipinski definition) is 1. The third-order valence-electron chi connectivity index (χ3n) is 3.83. The van der Waals surface area contributed by atoms with Gasteiger partial charge < -0.3 is 10.0 Å². The summed E-state index contributed by atoms with van der Waals surface area (Å²) < 4.78 is 13.0. The van der Waals surface area contributed by atoms with Crippen LogP contribution in [0.4, 0.5) is 10.1 Å². The molecule has 0 spiro atoms. The van der Waals surface area contributed by atoms with Crippen LogP contribution in [-0.2, 0) is 4.79 Å². The summed E-state index contributed by atoms with van der Waals surface area (Å²) in [4.78, 5) is 25.2. The van der Waals surface area contributed by atoms with Crippen LogP contribution in [0, 0.1) is 5.82 Å². The van der Waals surface area contributed by atoms with Crippen molar-refractivity contribution >= 4 is 17.6 Å². The van der Waals surface area contributed by atoms with Gasteiger partial charge in [0.05, 0.1) is 6.42 Å². The molecular weight excluding hydrogens is 285 g/mol. The van der Waals surface area contributed by atoms with Crippen LogP contribution in [0.3, 0.4) is 0 Å². The van der Waals surface area contributed by atoms with Crippen molar-refractivity contribution in [2.45, 2.75) is 12.3 Å². The summed E-state index contributed by atoms with van der Waals surface area (Å²) in [6.45, 7) is 0.321. The summed E-state index contributed by atoms with van der Waals surface area (Å²) in [6.07, 6.45) is -0.0236. The maximum Gasteiger partial charge on any atom is 0.304 e. The summed E-state index contributed by atoms with van der Waals surface area (Å²) in [5, 5.41) is 9.03. The lowest BCUT2D eigenvalue weighted by atomic mass is 9.98. The van der Waals surface area contributed by atoms with E-state index in [-0.39, 0.29) is 18.2 Å². The summed E-state index contributed by atoms with van der Waals surface area (Å²) in [5.41, 5.74) is 1.97. The molecule has 0 aliphatic carbocycles. The number of carbonyl (C=O) groups excluding carboxylic acids is 1. The van der Waals surface area contributed by atoms with E-state index in [0.717, 1.165) is 11.3 Å². The first-order valence-electron chi connectivity index (χ1n) is 6.94. The molecular formula is C17H14FNO3. The number of nitrogens with zero attached hydrogens (tertiary/aromatic N) is 1. The van der Waals surface area contributed by atoms with Gasteiger partial charge >= 0.3 is 5.97 Å². The van der Waals surface area contributed by atoms with Crippen LogP contribution < -0.4 is 4.90 Å². The Bertz CT molecular complexity index is 727. The first kappa shape index (κ1) is 14.3. The van der Waals surface area contributed by atoms with Crippen molar-refractivity contribution in [3.8, 4) is 0 Å². The fourth-order valence-corrected chi connectivity index (χ4v) is 2.82. The first-order valence-corrected chi connectivity index (χ1v) is 6.94. The van der Waals surface area contributed by atoms with Crippen LogP contribution in [0.25, 0.3) is 0 Å². The van der Waals surface area contributed by atoms with E-state index >= 15 is 0 Å². The molecule has 2 aromatic rings.